The van der Waals surface area contributed by atoms with E-state index < -0.39 is 23.8 Å². The quantitative estimate of drug-likeness (QED) is 0.240. The molecule has 0 radical (unpaired) electrons. The topological polar surface area (TPSA) is 125 Å². The van der Waals surface area contributed by atoms with Crippen LogP contribution in [0.3, 0.4) is 0 Å². The zero-order valence-corrected chi connectivity index (χ0v) is 24.4. The Morgan fingerprint density at radius 1 is 0.881 bits per heavy atom. The average molecular weight is 609 g/mol. The molecule has 2 amide bonds. The van der Waals surface area contributed by atoms with Crippen LogP contribution >= 0.6 is 23.2 Å². The molecule has 0 unspecified atom stereocenters. The second-order valence-corrected chi connectivity index (χ2v) is 10.9. The SMILES string of the molecule is O=C(CC[C@H](NC(=O)c1c(Cl)cc(-c2ccccc2)cc1Cl)C(=O)O)CNC(=O)c1cccc(CC2=NCCCC2)c1. The number of aliphatic carboxylic acids is 1. The number of aliphatic imine (C=N–C) groups is 1. The maximum absolute atomic E-state index is 12.9. The molecule has 3 aromatic rings. The minimum absolute atomic E-state index is 0.0550. The monoisotopic (exact) mass is 607 g/mol. The van der Waals surface area contributed by atoms with Crippen LogP contribution in [0.25, 0.3) is 11.1 Å². The number of Topliss-reactive ketones (excluding diaryl/α,β-unsaturated/α-hetero) is 1. The summed E-state index contributed by atoms with van der Waals surface area (Å²) in [6, 6.07) is 18.3. The van der Waals surface area contributed by atoms with Crippen molar-refractivity contribution in [2.75, 3.05) is 13.1 Å². The first kappa shape index (κ1) is 30.9. The highest BCUT2D eigenvalue weighted by atomic mass is 35.5. The van der Waals surface area contributed by atoms with Gasteiger partial charge < -0.3 is 15.7 Å². The number of halogens is 2. The van der Waals surface area contributed by atoms with Crippen molar-refractivity contribution in [3.8, 4) is 11.1 Å². The molecule has 0 saturated heterocycles. The molecule has 1 atom stereocenters. The van der Waals surface area contributed by atoms with Gasteiger partial charge in [-0.1, -0.05) is 65.7 Å². The lowest BCUT2D eigenvalue weighted by Crippen LogP contribution is -2.41. The number of carbonyl (C=O) groups is 4. The third-order valence-electron chi connectivity index (χ3n) is 6.94. The molecule has 0 aromatic heterocycles. The van der Waals surface area contributed by atoms with Gasteiger partial charge in [-0.2, -0.15) is 0 Å². The molecule has 3 aromatic carbocycles. The molecule has 3 N–H and O–H groups in total. The number of rotatable bonds is 12. The van der Waals surface area contributed by atoms with Crippen molar-refractivity contribution in [2.24, 2.45) is 4.99 Å². The number of carboxylic acids is 1. The summed E-state index contributed by atoms with van der Waals surface area (Å²) < 4.78 is 0. The van der Waals surface area contributed by atoms with Gasteiger partial charge in [0.25, 0.3) is 11.8 Å². The summed E-state index contributed by atoms with van der Waals surface area (Å²) in [7, 11) is 0. The number of ketones is 1. The summed E-state index contributed by atoms with van der Waals surface area (Å²) in [5.41, 5.74) is 4.03. The number of hydrogen-bond donors (Lipinski definition) is 3. The fourth-order valence-corrected chi connectivity index (χ4v) is 5.37. The van der Waals surface area contributed by atoms with E-state index in [0.717, 1.165) is 42.6 Å². The predicted octanol–water partition coefficient (Wildman–Crippen LogP) is 5.79. The molecule has 4 rings (SSSR count). The molecule has 1 aliphatic heterocycles. The maximum atomic E-state index is 12.9. The summed E-state index contributed by atoms with van der Waals surface area (Å²) in [5, 5.41) is 14.8. The fourth-order valence-electron chi connectivity index (χ4n) is 4.71. The van der Waals surface area contributed by atoms with Gasteiger partial charge in [-0.15, -0.1) is 0 Å². The van der Waals surface area contributed by atoms with Gasteiger partial charge in [0.15, 0.2) is 5.78 Å². The molecule has 1 aliphatic rings. The molecule has 10 heteroatoms. The van der Waals surface area contributed by atoms with E-state index in [1.807, 2.05) is 36.4 Å². The highest BCUT2D eigenvalue weighted by Crippen LogP contribution is 2.32. The van der Waals surface area contributed by atoms with Gasteiger partial charge in [0.2, 0.25) is 0 Å². The van der Waals surface area contributed by atoms with E-state index in [1.165, 1.54) is 0 Å². The Morgan fingerprint density at radius 2 is 1.62 bits per heavy atom. The lowest BCUT2D eigenvalue weighted by molar-refractivity contribution is -0.139. The van der Waals surface area contributed by atoms with Crippen molar-refractivity contribution >= 4 is 52.5 Å². The van der Waals surface area contributed by atoms with Gasteiger partial charge in [0, 0.05) is 30.7 Å². The van der Waals surface area contributed by atoms with Crippen molar-refractivity contribution < 1.29 is 24.3 Å². The first-order valence-corrected chi connectivity index (χ1v) is 14.5. The second-order valence-electron chi connectivity index (χ2n) is 10.1. The standard InChI is InChI=1S/C32H31Cl2N3O5/c33-26-17-23(21-8-2-1-3-9-21)18-27(34)29(26)31(40)37-28(32(41)42)13-12-25(38)19-36-30(39)22-10-6-7-20(15-22)16-24-11-4-5-14-35-24/h1-3,6-10,15,17-18,28H,4-5,11-14,16,19H2,(H,36,39)(H,37,40)(H,41,42)/t28-/m0/s1. The van der Waals surface area contributed by atoms with Gasteiger partial charge in [-0.05, 0) is 66.6 Å². The van der Waals surface area contributed by atoms with Crippen LogP contribution in [0.4, 0.5) is 0 Å². The van der Waals surface area contributed by atoms with Gasteiger partial charge in [-0.3, -0.25) is 19.4 Å². The Kier molecular flexibility index (Phi) is 10.9. The molecule has 0 bridgehead atoms. The Bertz CT molecular complexity index is 1480. The minimum atomic E-state index is -1.36. The molecule has 1 heterocycles. The highest BCUT2D eigenvalue weighted by molar-refractivity contribution is 6.40. The second kappa shape index (κ2) is 14.8. The van der Waals surface area contributed by atoms with Crippen LogP contribution in [-0.2, 0) is 16.0 Å². The molecule has 0 fully saturated rings. The summed E-state index contributed by atoms with van der Waals surface area (Å²) >= 11 is 12.7. The summed E-state index contributed by atoms with van der Waals surface area (Å²) in [5.74, 6) is -2.86. The van der Waals surface area contributed by atoms with Crippen LogP contribution in [0.5, 0.6) is 0 Å². The van der Waals surface area contributed by atoms with E-state index in [2.05, 4.69) is 15.6 Å². The summed E-state index contributed by atoms with van der Waals surface area (Å²) in [6.45, 7) is 0.571. The Hall–Kier alpha value is -4.01. The Labute approximate surface area is 254 Å². The van der Waals surface area contributed by atoms with E-state index in [9.17, 15) is 24.3 Å². The maximum Gasteiger partial charge on any atom is 0.326 e. The van der Waals surface area contributed by atoms with Crippen molar-refractivity contribution in [3.05, 3.63) is 93.5 Å². The van der Waals surface area contributed by atoms with E-state index in [4.69, 9.17) is 23.2 Å². The number of nitrogens with one attached hydrogen (secondary N) is 2. The van der Waals surface area contributed by atoms with Crippen molar-refractivity contribution in [1.29, 1.82) is 0 Å². The van der Waals surface area contributed by atoms with Crippen LogP contribution in [-0.4, -0.2) is 53.5 Å². The Balaban J connectivity index is 1.30. The molecule has 218 valence electrons. The molecular weight excluding hydrogens is 577 g/mol. The number of nitrogens with zero attached hydrogens (tertiary/aromatic N) is 1. The fraction of sp³-hybridized carbons (Fsp3) is 0.281. The molecule has 8 nitrogen and oxygen atoms in total. The van der Waals surface area contributed by atoms with Crippen LogP contribution in [0.2, 0.25) is 10.0 Å². The van der Waals surface area contributed by atoms with E-state index in [0.29, 0.717) is 17.5 Å². The van der Waals surface area contributed by atoms with Gasteiger partial charge >= 0.3 is 5.97 Å². The minimum Gasteiger partial charge on any atom is -0.480 e. The molecule has 0 aliphatic carbocycles. The summed E-state index contributed by atoms with van der Waals surface area (Å²) in [4.78, 5) is 54.5. The highest BCUT2D eigenvalue weighted by Gasteiger charge is 2.25. The van der Waals surface area contributed by atoms with Crippen LogP contribution in [0.1, 0.15) is 58.4 Å². The Morgan fingerprint density at radius 3 is 2.29 bits per heavy atom. The smallest absolute Gasteiger partial charge is 0.326 e. The first-order valence-electron chi connectivity index (χ1n) is 13.7. The zero-order valence-electron chi connectivity index (χ0n) is 22.9. The molecule has 0 saturated carbocycles. The third-order valence-corrected chi connectivity index (χ3v) is 7.54. The van der Waals surface area contributed by atoms with E-state index >= 15 is 0 Å². The van der Waals surface area contributed by atoms with Crippen LogP contribution < -0.4 is 10.6 Å². The van der Waals surface area contributed by atoms with Gasteiger partial charge in [0.1, 0.15) is 6.04 Å². The van der Waals surface area contributed by atoms with E-state index in [1.54, 1.807) is 30.3 Å². The third kappa shape index (κ3) is 8.50. The molecule has 42 heavy (non-hydrogen) atoms. The average Bonchev–Trinajstić information content (AvgIpc) is 2.98. The number of hydrogen-bond acceptors (Lipinski definition) is 5. The lowest BCUT2D eigenvalue weighted by atomic mass is 10.00. The van der Waals surface area contributed by atoms with Gasteiger partial charge in [0.05, 0.1) is 22.2 Å². The number of benzene rings is 3. The first-order chi connectivity index (χ1) is 20.2. The van der Waals surface area contributed by atoms with Gasteiger partial charge in [-0.25, -0.2) is 4.79 Å². The number of amides is 2. The zero-order chi connectivity index (χ0) is 30.1. The number of carbonyl (C=O) groups excluding carboxylic acids is 3. The van der Waals surface area contributed by atoms with Crippen LogP contribution in [0.15, 0.2) is 71.7 Å². The molecule has 0 spiro atoms. The van der Waals surface area contributed by atoms with E-state index in [-0.39, 0.29) is 40.8 Å². The van der Waals surface area contributed by atoms with Crippen molar-refractivity contribution in [1.82, 2.24) is 10.6 Å². The number of carboxylic acid groups (broad SMARTS) is 1. The van der Waals surface area contributed by atoms with Crippen molar-refractivity contribution in [3.63, 3.8) is 0 Å². The summed E-state index contributed by atoms with van der Waals surface area (Å²) in [6.07, 6.45) is 3.53. The molecular formula is C32H31Cl2N3O5. The predicted molar refractivity (Wildman–Crippen MR) is 164 cm³/mol. The van der Waals surface area contributed by atoms with Crippen molar-refractivity contribution in [2.45, 2.75) is 44.6 Å². The normalized spacial score (nSPS) is 13.5. The largest absolute Gasteiger partial charge is 0.480 e. The van der Waals surface area contributed by atoms with Crippen LogP contribution in [0, 0.1) is 0 Å². The lowest BCUT2D eigenvalue weighted by Gasteiger charge is -2.16.